The Balaban J connectivity index is 1.42. The number of amides is 1. The lowest BCUT2D eigenvalue weighted by molar-refractivity contribution is -0.123. The number of carbonyl (C=O) groups excluding carboxylic acids is 1. The number of benzene rings is 1. The normalized spacial score (nSPS) is 33.6. The second kappa shape index (κ2) is 6.21. The maximum Gasteiger partial charge on any atom is 0.241 e. The zero-order valence-electron chi connectivity index (χ0n) is 17.4. The molecule has 1 aromatic carbocycles. The SMILES string of the molecule is CC1(NS(=O)(=O)c2ccc3ccc(C4(N5CCSCC5)C5CC54C(N)=O)nc3c2)CC1. The van der Waals surface area contributed by atoms with Gasteiger partial charge < -0.3 is 5.73 Å². The summed E-state index contributed by atoms with van der Waals surface area (Å²) in [6, 6.07) is 9.07. The molecule has 3 unspecified atom stereocenters. The Bertz CT molecular complexity index is 1220. The van der Waals surface area contributed by atoms with E-state index >= 15 is 0 Å². The number of aromatic nitrogens is 1. The van der Waals surface area contributed by atoms with Crippen LogP contribution in [0.3, 0.4) is 0 Å². The first-order valence-corrected chi connectivity index (χ1v) is 13.4. The van der Waals surface area contributed by atoms with Crippen molar-refractivity contribution in [3.05, 3.63) is 36.0 Å². The second-order valence-corrected chi connectivity index (χ2v) is 12.6. The summed E-state index contributed by atoms with van der Waals surface area (Å²) in [5.41, 5.74) is 6.08. The van der Waals surface area contributed by atoms with E-state index in [0.717, 1.165) is 54.9 Å². The van der Waals surface area contributed by atoms with Gasteiger partial charge in [-0.3, -0.25) is 14.7 Å². The van der Waals surface area contributed by atoms with E-state index in [0.29, 0.717) is 5.52 Å². The third kappa shape index (κ3) is 2.70. The highest BCUT2D eigenvalue weighted by Crippen LogP contribution is 2.88. The number of hydrogen-bond donors (Lipinski definition) is 2. The standard InChI is InChI=1S/C22H26N4O3S2/c1-20(6-7-20)25-31(28,29)15-4-2-14-3-5-18(24-16(14)12-15)22(26-8-10-30-11-9-26)17-13-21(17,22)19(23)27/h2-5,12,17,25H,6-11,13H2,1H3,(H2,23,27). The predicted molar refractivity (Wildman–Crippen MR) is 120 cm³/mol. The van der Waals surface area contributed by atoms with Crippen LogP contribution in [0, 0.1) is 11.3 Å². The summed E-state index contributed by atoms with van der Waals surface area (Å²) in [5.74, 6) is 2.04. The van der Waals surface area contributed by atoms with Gasteiger partial charge >= 0.3 is 0 Å². The van der Waals surface area contributed by atoms with E-state index in [2.05, 4.69) is 9.62 Å². The van der Waals surface area contributed by atoms with E-state index in [4.69, 9.17) is 10.7 Å². The zero-order valence-corrected chi connectivity index (χ0v) is 19.1. The van der Waals surface area contributed by atoms with Crippen molar-refractivity contribution in [2.45, 2.75) is 42.2 Å². The molecule has 1 aliphatic heterocycles. The fourth-order valence-corrected chi connectivity index (χ4v) is 8.02. The third-order valence-corrected chi connectivity index (χ3v) is 10.3. The number of fused-ring (bicyclic) bond motifs is 2. The van der Waals surface area contributed by atoms with Gasteiger partial charge in [0.05, 0.1) is 27.1 Å². The number of hydrogen-bond acceptors (Lipinski definition) is 6. The fraction of sp³-hybridized carbons (Fsp3) is 0.545. The first kappa shape index (κ1) is 20.0. The van der Waals surface area contributed by atoms with Crippen LogP contribution in [0.25, 0.3) is 10.9 Å². The smallest absolute Gasteiger partial charge is 0.241 e. The van der Waals surface area contributed by atoms with E-state index in [-0.39, 0.29) is 22.3 Å². The molecule has 2 heterocycles. The monoisotopic (exact) mass is 458 g/mol. The van der Waals surface area contributed by atoms with E-state index < -0.39 is 21.0 Å². The van der Waals surface area contributed by atoms with Gasteiger partial charge in [0.25, 0.3) is 0 Å². The first-order valence-electron chi connectivity index (χ1n) is 10.8. The van der Waals surface area contributed by atoms with Crippen LogP contribution < -0.4 is 10.5 Å². The molecular formula is C22H26N4O3S2. The van der Waals surface area contributed by atoms with Crippen molar-refractivity contribution in [2.75, 3.05) is 24.6 Å². The molecule has 9 heteroatoms. The Labute approximate surface area is 186 Å². The molecule has 1 amide bonds. The molecule has 31 heavy (non-hydrogen) atoms. The van der Waals surface area contributed by atoms with Crippen LogP contribution in [-0.4, -0.2) is 54.3 Å². The first-order chi connectivity index (χ1) is 14.7. The minimum Gasteiger partial charge on any atom is -0.369 e. The lowest BCUT2D eigenvalue weighted by atomic mass is 9.89. The van der Waals surface area contributed by atoms with Crippen molar-refractivity contribution in [3.63, 3.8) is 0 Å². The molecule has 164 valence electrons. The second-order valence-electron chi connectivity index (χ2n) is 9.68. The summed E-state index contributed by atoms with van der Waals surface area (Å²) >= 11 is 1.93. The number of nitrogens with one attached hydrogen (secondary N) is 1. The van der Waals surface area contributed by atoms with Gasteiger partial charge in [-0.25, -0.2) is 13.1 Å². The van der Waals surface area contributed by atoms with Gasteiger partial charge in [-0.1, -0.05) is 12.1 Å². The van der Waals surface area contributed by atoms with E-state index in [1.165, 1.54) is 0 Å². The summed E-state index contributed by atoms with van der Waals surface area (Å²) in [4.78, 5) is 20.0. The molecule has 0 radical (unpaired) electrons. The maximum atomic E-state index is 12.9. The van der Waals surface area contributed by atoms with Gasteiger partial charge in [-0.2, -0.15) is 11.8 Å². The Hall–Kier alpha value is -1.68. The molecule has 7 nitrogen and oxygen atoms in total. The van der Waals surface area contributed by atoms with E-state index in [9.17, 15) is 13.2 Å². The minimum absolute atomic E-state index is 0.217. The number of nitrogens with zero attached hydrogens (tertiary/aromatic N) is 2. The van der Waals surface area contributed by atoms with Crippen LogP contribution in [0.4, 0.5) is 0 Å². The van der Waals surface area contributed by atoms with Gasteiger partial charge in [0.2, 0.25) is 15.9 Å². The Morgan fingerprint density at radius 2 is 1.94 bits per heavy atom. The molecule has 1 aromatic heterocycles. The van der Waals surface area contributed by atoms with Gasteiger partial charge in [0, 0.05) is 41.4 Å². The van der Waals surface area contributed by atoms with Crippen LogP contribution in [-0.2, 0) is 20.4 Å². The number of carbonyl (C=O) groups is 1. The van der Waals surface area contributed by atoms with E-state index in [1.54, 1.807) is 18.2 Å². The zero-order chi connectivity index (χ0) is 21.6. The largest absolute Gasteiger partial charge is 0.369 e. The quantitative estimate of drug-likeness (QED) is 0.684. The highest BCUT2D eigenvalue weighted by atomic mass is 32.2. The molecule has 3 aliphatic carbocycles. The Morgan fingerprint density at radius 3 is 2.55 bits per heavy atom. The van der Waals surface area contributed by atoms with Gasteiger partial charge in [-0.15, -0.1) is 0 Å². The van der Waals surface area contributed by atoms with Crippen molar-refractivity contribution in [2.24, 2.45) is 17.1 Å². The fourth-order valence-electron chi connectivity index (χ4n) is 5.63. The summed E-state index contributed by atoms with van der Waals surface area (Å²) < 4.78 is 28.5. The molecule has 1 saturated heterocycles. The molecule has 6 rings (SSSR count). The number of sulfonamides is 1. The van der Waals surface area contributed by atoms with Crippen molar-refractivity contribution in [1.29, 1.82) is 0 Å². The van der Waals surface area contributed by atoms with Crippen molar-refractivity contribution in [1.82, 2.24) is 14.6 Å². The minimum atomic E-state index is -3.60. The van der Waals surface area contributed by atoms with Crippen LogP contribution in [0.1, 0.15) is 31.9 Å². The maximum absolute atomic E-state index is 12.9. The average molecular weight is 459 g/mol. The van der Waals surface area contributed by atoms with Crippen molar-refractivity contribution >= 4 is 38.6 Å². The highest BCUT2D eigenvalue weighted by Gasteiger charge is 2.95. The molecule has 0 bridgehead atoms. The van der Waals surface area contributed by atoms with Gasteiger partial charge in [0.1, 0.15) is 0 Å². The molecule has 0 spiro atoms. The molecule has 3 saturated carbocycles. The summed E-state index contributed by atoms with van der Waals surface area (Å²) in [6.45, 7) is 3.74. The summed E-state index contributed by atoms with van der Waals surface area (Å²) in [5, 5.41) is 0.882. The molecule has 2 aromatic rings. The Kier molecular flexibility index (Phi) is 4.00. The molecule has 3 atom stereocenters. The lowest BCUT2D eigenvalue weighted by Crippen LogP contribution is -2.50. The van der Waals surface area contributed by atoms with Crippen LogP contribution in [0.2, 0.25) is 0 Å². The lowest BCUT2D eigenvalue weighted by Gasteiger charge is -2.40. The third-order valence-electron chi connectivity index (χ3n) is 7.76. The number of rotatable bonds is 6. The van der Waals surface area contributed by atoms with Crippen LogP contribution >= 0.6 is 11.8 Å². The van der Waals surface area contributed by atoms with Crippen molar-refractivity contribution in [3.8, 4) is 0 Å². The number of nitrogens with two attached hydrogens (primary N) is 1. The summed E-state index contributed by atoms with van der Waals surface area (Å²) in [7, 11) is -3.60. The summed E-state index contributed by atoms with van der Waals surface area (Å²) in [6.07, 6.45) is 2.54. The number of thioether (sulfide) groups is 1. The predicted octanol–water partition coefficient (Wildman–Crippen LogP) is 1.81. The van der Waals surface area contributed by atoms with Crippen LogP contribution in [0.5, 0.6) is 0 Å². The topological polar surface area (TPSA) is 105 Å². The number of pyridine rings is 1. The van der Waals surface area contributed by atoms with Gasteiger partial charge in [0.15, 0.2) is 0 Å². The molecule has 4 fully saturated rings. The molecular weight excluding hydrogens is 432 g/mol. The molecule has 3 N–H and O–H groups in total. The Morgan fingerprint density at radius 1 is 1.23 bits per heavy atom. The van der Waals surface area contributed by atoms with E-state index in [1.807, 2.05) is 30.8 Å². The average Bonchev–Trinajstić information content (AvgIpc) is 3.66. The highest BCUT2D eigenvalue weighted by molar-refractivity contribution is 7.99. The number of primary amides is 1. The van der Waals surface area contributed by atoms with Crippen molar-refractivity contribution < 1.29 is 13.2 Å². The van der Waals surface area contributed by atoms with Crippen LogP contribution in [0.15, 0.2) is 35.2 Å². The molecule has 4 aliphatic rings. The van der Waals surface area contributed by atoms with Gasteiger partial charge in [-0.05, 0) is 44.4 Å².